The summed E-state index contributed by atoms with van der Waals surface area (Å²) < 4.78 is 5.17. The van der Waals surface area contributed by atoms with Crippen molar-refractivity contribution in [3.05, 3.63) is 29.8 Å². The predicted molar refractivity (Wildman–Crippen MR) is 61.0 cm³/mol. The molecule has 0 aromatic heterocycles. The summed E-state index contributed by atoms with van der Waals surface area (Å²) in [7, 11) is 1.72. The average Bonchev–Trinajstić information content (AvgIpc) is 2.58. The molecule has 1 aliphatic heterocycles. The van der Waals surface area contributed by atoms with Crippen LogP contribution < -0.4 is 10.1 Å². The Morgan fingerprint density at radius 1 is 1.13 bits per heavy atom. The quantitative estimate of drug-likeness (QED) is 0.785. The van der Waals surface area contributed by atoms with E-state index in [0.29, 0.717) is 6.04 Å². The van der Waals surface area contributed by atoms with Crippen molar-refractivity contribution in [1.82, 2.24) is 0 Å². The molecule has 0 unspecified atom stereocenters. The fourth-order valence-electron chi connectivity index (χ4n) is 2.28. The molecule has 0 amide bonds. The highest BCUT2D eigenvalue weighted by molar-refractivity contribution is 5.28. The van der Waals surface area contributed by atoms with Crippen LogP contribution in [0.5, 0.6) is 5.75 Å². The summed E-state index contributed by atoms with van der Waals surface area (Å²) in [5, 5.41) is 2.48. The molecule has 0 radical (unpaired) electrons. The minimum atomic E-state index is 0.665. The van der Waals surface area contributed by atoms with Gasteiger partial charge >= 0.3 is 0 Å². The second-order valence-corrected chi connectivity index (χ2v) is 4.25. The van der Waals surface area contributed by atoms with Crippen LogP contribution in [0.2, 0.25) is 0 Å². The van der Waals surface area contributed by atoms with Crippen molar-refractivity contribution in [2.24, 2.45) is 0 Å². The molecule has 1 aliphatic rings. The van der Waals surface area contributed by atoms with Gasteiger partial charge in [0.15, 0.2) is 0 Å². The molecular weight excluding hydrogens is 186 g/mol. The van der Waals surface area contributed by atoms with E-state index in [1.165, 1.54) is 37.8 Å². The summed E-state index contributed by atoms with van der Waals surface area (Å²) in [6.07, 6.45) is 5.44. The van der Waals surface area contributed by atoms with Crippen molar-refractivity contribution < 1.29 is 10.1 Å². The SMILES string of the molecule is COc1ccc([C@H]2CCCCC[NH2+]2)cc1. The number of ether oxygens (including phenoxy) is 1. The normalized spacial score (nSPS) is 22.1. The smallest absolute Gasteiger partial charge is 0.118 e. The van der Waals surface area contributed by atoms with Crippen LogP contribution in [0.1, 0.15) is 37.3 Å². The number of quaternary nitrogens is 1. The van der Waals surface area contributed by atoms with Crippen LogP contribution in [0, 0.1) is 0 Å². The van der Waals surface area contributed by atoms with E-state index in [1.54, 1.807) is 7.11 Å². The fourth-order valence-corrected chi connectivity index (χ4v) is 2.28. The summed E-state index contributed by atoms with van der Waals surface area (Å²) in [6.45, 7) is 1.27. The zero-order chi connectivity index (χ0) is 10.5. The fraction of sp³-hybridized carbons (Fsp3) is 0.538. The lowest BCUT2D eigenvalue weighted by atomic mass is 10.0. The van der Waals surface area contributed by atoms with Crippen molar-refractivity contribution in [1.29, 1.82) is 0 Å². The molecule has 0 spiro atoms. The molecule has 2 rings (SSSR count). The van der Waals surface area contributed by atoms with Crippen LogP contribution in [-0.2, 0) is 0 Å². The van der Waals surface area contributed by atoms with Crippen LogP contribution in [0.15, 0.2) is 24.3 Å². The van der Waals surface area contributed by atoms with Gasteiger partial charge in [-0.25, -0.2) is 0 Å². The van der Waals surface area contributed by atoms with Gasteiger partial charge in [-0.1, -0.05) is 0 Å². The van der Waals surface area contributed by atoms with Gasteiger partial charge in [0.2, 0.25) is 0 Å². The van der Waals surface area contributed by atoms with Gasteiger partial charge in [0.05, 0.1) is 13.7 Å². The number of benzene rings is 1. The molecule has 0 bridgehead atoms. The Morgan fingerprint density at radius 3 is 2.67 bits per heavy atom. The van der Waals surface area contributed by atoms with Gasteiger partial charge in [-0.2, -0.15) is 0 Å². The molecule has 1 aromatic carbocycles. The molecule has 0 aliphatic carbocycles. The van der Waals surface area contributed by atoms with Gasteiger partial charge in [0.25, 0.3) is 0 Å². The highest BCUT2D eigenvalue weighted by Gasteiger charge is 2.16. The molecule has 1 fully saturated rings. The minimum Gasteiger partial charge on any atom is -0.497 e. The Balaban J connectivity index is 2.06. The summed E-state index contributed by atoms with van der Waals surface area (Å²) in [5.74, 6) is 0.951. The number of hydrogen-bond donors (Lipinski definition) is 1. The van der Waals surface area contributed by atoms with Crippen molar-refractivity contribution in [3.63, 3.8) is 0 Å². The topological polar surface area (TPSA) is 25.8 Å². The molecule has 1 heterocycles. The maximum atomic E-state index is 5.17. The standard InChI is InChI=1S/C13H19NO/c1-15-12-8-6-11(7-9-12)13-5-3-2-4-10-14-13/h6-9,13-14H,2-5,10H2,1H3/p+1/t13-/m1/s1. The Hall–Kier alpha value is -1.02. The monoisotopic (exact) mass is 206 g/mol. The summed E-state index contributed by atoms with van der Waals surface area (Å²) >= 11 is 0. The van der Waals surface area contributed by atoms with Gasteiger partial charge in [-0.3, -0.25) is 0 Å². The summed E-state index contributed by atoms with van der Waals surface area (Å²) in [4.78, 5) is 0. The molecule has 15 heavy (non-hydrogen) atoms. The van der Waals surface area contributed by atoms with E-state index in [2.05, 4.69) is 29.6 Å². The molecule has 2 heteroatoms. The van der Waals surface area contributed by atoms with Crippen molar-refractivity contribution in [2.45, 2.75) is 31.7 Å². The molecule has 1 atom stereocenters. The van der Waals surface area contributed by atoms with Gasteiger partial charge in [0.1, 0.15) is 11.8 Å². The minimum absolute atomic E-state index is 0.665. The van der Waals surface area contributed by atoms with Crippen LogP contribution in [0.4, 0.5) is 0 Å². The highest BCUT2D eigenvalue weighted by atomic mass is 16.5. The molecular formula is C13H20NO+. The maximum absolute atomic E-state index is 5.17. The van der Waals surface area contributed by atoms with E-state index in [1.807, 2.05) is 0 Å². The molecule has 2 N–H and O–H groups in total. The van der Waals surface area contributed by atoms with Gasteiger partial charge in [-0.15, -0.1) is 0 Å². The second-order valence-electron chi connectivity index (χ2n) is 4.25. The number of methoxy groups -OCH3 is 1. The summed E-state index contributed by atoms with van der Waals surface area (Å²) in [5.41, 5.74) is 1.44. The lowest BCUT2D eigenvalue weighted by molar-refractivity contribution is -0.694. The Labute approximate surface area is 91.6 Å². The van der Waals surface area contributed by atoms with Gasteiger partial charge < -0.3 is 10.1 Å². The average molecular weight is 206 g/mol. The van der Waals surface area contributed by atoms with Crippen molar-refractivity contribution >= 4 is 0 Å². The van der Waals surface area contributed by atoms with E-state index < -0.39 is 0 Å². The first kappa shape index (κ1) is 10.5. The first-order chi connectivity index (χ1) is 7.40. The van der Waals surface area contributed by atoms with E-state index in [0.717, 1.165) is 5.75 Å². The van der Waals surface area contributed by atoms with Crippen LogP contribution in [-0.4, -0.2) is 13.7 Å². The Bertz CT molecular complexity index is 286. The second kappa shape index (κ2) is 5.17. The number of nitrogens with two attached hydrogens (primary N) is 1. The lowest BCUT2D eigenvalue weighted by Gasteiger charge is -2.13. The van der Waals surface area contributed by atoms with E-state index in [9.17, 15) is 0 Å². The van der Waals surface area contributed by atoms with Crippen LogP contribution >= 0.6 is 0 Å². The Kier molecular flexibility index (Phi) is 3.62. The van der Waals surface area contributed by atoms with Crippen LogP contribution in [0.3, 0.4) is 0 Å². The van der Waals surface area contributed by atoms with Crippen LogP contribution in [0.25, 0.3) is 0 Å². The third-order valence-electron chi connectivity index (χ3n) is 3.21. The lowest BCUT2D eigenvalue weighted by Crippen LogP contribution is -2.84. The highest BCUT2D eigenvalue weighted by Crippen LogP contribution is 2.20. The third kappa shape index (κ3) is 2.72. The first-order valence-electron chi connectivity index (χ1n) is 5.87. The number of hydrogen-bond acceptors (Lipinski definition) is 1. The van der Waals surface area contributed by atoms with E-state index >= 15 is 0 Å². The molecule has 0 saturated carbocycles. The van der Waals surface area contributed by atoms with Crippen molar-refractivity contribution in [2.75, 3.05) is 13.7 Å². The molecule has 82 valence electrons. The zero-order valence-corrected chi connectivity index (χ0v) is 9.41. The van der Waals surface area contributed by atoms with Crippen molar-refractivity contribution in [3.8, 4) is 5.75 Å². The predicted octanol–water partition coefficient (Wildman–Crippen LogP) is 1.87. The number of rotatable bonds is 2. The van der Waals surface area contributed by atoms with Gasteiger partial charge in [0, 0.05) is 12.0 Å². The maximum Gasteiger partial charge on any atom is 0.118 e. The third-order valence-corrected chi connectivity index (χ3v) is 3.21. The largest absolute Gasteiger partial charge is 0.497 e. The van der Waals surface area contributed by atoms with E-state index in [4.69, 9.17) is 4.74 Å². The molecule has 1 aromatic rings. The Morgan fingerprint density at radius 2 is 1.93 bits per heavy atom. The zero-order valence-electron chi connectivity index (χ0n) is 9.41. The summed E-state index contributed by atoms with van der Waals surface area (Å²) in [6, 6.07) is 9.19. The first-order valence-corrected chi connectivity index (χ1v) is 5.87. The van der Waals surface area contributed by atoms with Gasteiger partial charge in [-0.05, 0) is 43.5 Å². The van der Waals surface area contributed by atoms with E-state index in [-0.39, 0.29) is 0 Å². The molecule has 1 saturated heterocycles. The molecule has 2 nitrogen and oxygen atoms in total.